The molecule has 0 heterocycles. The van der Waals surface area contributed by atoms with Crippen LogP contribution in [0.4, 0.5) is 0 Å². The smallest absolute Gasteiger partial charge is 0.198 e. The Hall–Kier alpha value is -2.00. The van der Waals surface area contributed by atoms with Crippen LogP contribution in [0.1, 0.15) is 29.8 Å². The molecule has 0 saturated carbocycles. The normalized spacial score (nSPS) is 10.2. The van der Waals surface area contributed by atoms with Gasteiger partial charge in [-0.1, -0.05) is 23.7 Å². The van der Waals surface area contributed by atoms with Crippen LogP contribution in [0, 0.1) is 0 Å². The fourth-order valence-electron chi connectivity index (χ4n) is 2.01. The lowest BCUT2D eigenvalue weighted by Gasteiger charge is -2.12. The Morgan fingerprint density at radius 1 is 1.00 bits per heavy atom. The molecule has 0 fully saturated rings. The van der Waals surface area contributed by atoms with Gasteiger partial charge >= 0.3 is 0 Å². The van der Waals surface area contributed by atoms with Gasteiger partial charge in [0.2, 0.25) is 0 Å². The average molecular weight is 305 g/mol. The highest BCUT2D eigenvalue weighted by Gasteiger charge is 2.18. The van der Waals surface area contributed by atoms with Gasteiger partial charge in [0, 0.05) is 5.56 Å². The number of carbonyl (C=O) groups is 1. The summed E-state index contributed by atoms with van der Waals surface area (Å²) in [6.07, 6.45) is 0. The molecule has 0 saturated heterocycles. The molecule has 3 nitrogen and oxygen atoms in total. The first-order chi connectivity index (χ1) is 10.2. The topological polar surface area (TPSA) is 35.5 Å². The van der Waals surface area contributed by atoms with Gasteiger partial charge in [-0.25, -0.2) is 0 Å². The van der Waals surface area contributed by atoms with Gasteiger partial charge in [0.25, 0.3) is 0 Å². The molecule has 21 heavy (non-hydrogen) atoms. The first-order valence-corrected chi connectivity index (χ1v) is 7.24. The summed E-state index contributed by atoms with van der Waals surface area (Å²) in [6.45, 7) is 4.79. The molecule has 0 amide bonds. The third-order valence-corrected chi connectivity index (χ3v) is 3.25. The van der Waals surface area contributed by atoms with Crippen molar-refractivity contribution in [3.63, 3.8) is 0 Å². The molecular weight excluding hydrogens is 288 g/mol. The van der Waals surface area contributed by atoms with Crippen LogP contribution in [0.15, 0.2) is 42.5 Å². The number of ether oxygens (including phenoxy) is 2. The standard InChI is InChI=1S/C17H17ClO3/c1-3-20-12-9-10-16(21-4-2)14(11-12)17(19)13-7-5-6-8-15(13)18/h5-11H,3-4H2,1-2H3. The van der Waals surface area contributed by atoms with Crippen molar-refractivity contribution in [1.29, 1.82) is 0 Å². The lowest BCUT2D eigenvalue weighted by molar-refractivity contribution is 0.103. The molecule has 0 aliphatic carbocycles. The Bertz CT molecular complexity index is 638. The third kappa shape index (κ3) is 3.56. The summed E-state index contributed by atoms with van der Waals surface area (Å²) in [6, 6.07) is 12.2. The molecule has 2 aromatic carbocycles. The average Bonchev–Trinajstić information content (AvgIpc) is 2.49. The number of rotatable bonds is 6. The van der Waals surface area contributed by atoms with Gasteiger partial charge in [-0.15, -0.1) is 0 Å². The van der Waals surface area contributed by atoms with Crippen LogP contribution in [-0.4, -0.2) is 19.0 Å². The van der Waals surface area contributed by atoms with Crippen molar-refractivity contribution < 1.29 is 14.3 Å². The fraction of sp³-hybridized carbons (Fsp3) is 0.235. The molecule has 0 spiro atoms. The minimum atomic E-state index is -0.175. The number of benzene rings is 2. The Balaban J connectivity index is 2.46. The highest BCUT2D eigenvalue weighted by molar-refractivity contribution is 6.35. The van der Waals surface area contributed by atoms with Crippen molar-refractivity contribution in [1.82, 2.24) is 0 Å². The maximum atomic E-state index is 12.7. The van der Waals surface area contributed by atoms with Crippen molar-refractivity contribution in [2.75, 3.05) is 13.2 Å². The monoisotopic (exact) mass is 304 g/mol. The molecule has 0 N–H and O–H groups in total. The van der Waals surface area contributed by atoms with E-state index < -0.39 is 0 Å². The summed E-state index contributed by atoms with van der Waals surface area (Å²) < 4.78 is 11.0. The number of halogens is 1. The van der Waals surface area contributed by atoms with E-state index in [1.165, 1.54) is 0 Å². The van der Waals surface area contributed by atoms with Gasteiger partial charge in [-0.3, -0.25) is 4.79 Å². The number of carbonyl (C=O) groups excluding carboxylic acids is 1. The molecule has 0 unspecified atom stereocenters. The number of hydrogen-bond donors (Lipinski definition) is 0. The summed E-state index contributed by atoms with van der Waals surface area (Å²) in [4.78, 5) is 12.7. The maximum Gasteiger partial charge on any atom is 0.198 e. The summed E-state index contributed by atoms with van der Waals surface area (Å²) in [5.41, 5.74) is 0.907. The minimum Gasteiger partial charge on any atom is -0.494 e. The lowest BCUT2D eigenvalue weighted by Crippen LogP contribution is -2.07. The van der Waals surface area contributed by atoms with Crippen molar-refractivity contribution >= 4 is 17.4 Å². The molecule has 0 aliphatic rings. The van der Waals surface area contributed by atoms with Crippen LogP contribution in [-0.2, 0) is 0 Å². The highest BCUT2D eigenvalue weighted by atomic mass is 35.5. The molecular formula is C17H17ClO3. The molecule has 2 rings (SSSR count). The van der Waals surface area contributed by atoms with Crippen molar-refractivity contribution in [3.8, 4) is 11.5 Å². The molecule has 2 aromatic rings. The Morgan fingerprint density at radius 2 is 1.71 bits per heavy atom. The molecule has 110 valence electrons. The Morgan fingerprint density at radius 3 is 2.38 bits per heavy atom. The molecule has 0 aliphatic heterocycles. The molecule has 0 radical (unpaired) electrons. The van der Waals surface area contributed by atoms with Gasteiger partial charge < -0.3 is 9.47 Å². The Kier molecular flexibility index (Phi) is 5.23. The van der Waals surface area contributed by atoms with Crippen LogP contribution < -0.4 is 9.47 Å². The quantitative estimate of drug-likeness (QED) is 0.743. The zero-order chi connectivity index (χ0) is 15.2. The summed E-state index contributed by atoms with van der Waals surface area (Å²) in [7, 11) is 0. The first-order valence-electron chi connectivity index (χ1n) is 6.86. The van der Waals surface area contributed by atoms with E-state index in [1.807, 2.05) is 13.8 Å². The third-order valence-electron chi connectivity index (χ3n) is 2.92. The van der Waals surface area contributed by atoms with Crippen molar-refractivity contribution in [2.45, 2.75) is 13.8 Å². The zero-order valence-corrected chi connectivity index (χ0v) is 12.8. The van der Waals surface area contributed by atoms with E-state index in [1.54, 1.807) is 42.5 Å². The predicted molar refractivity (Wildman–Crippen MR) is 83.7 cm³/mol. The second-order valence-corrected chi connectivity index (χ2v) is 4.74. The lowest BCUT2D eigenvalue weighted by atomic mass is 10.0. The number of ketones is 1. The van der Waals surface area contributed by atoms with Crippen LogP contribution in [0.25, 0.3) is 0 Å². The summed E-state index contributed by atoms with van der Waals surface area (Å²) >= 11 is 6.11. The molecule has 4 heteroatoms. The molecule has 0 atom stereocenters. The Labute approximate surface area is 129 Å². The van der Waals surface area contributed by atoms with E-state index in [0.29, 0.717) is 40.9 Å². The molecule has 0 aromatic heterocycles. The van der Waals surface area contributed by atoms with Gasteiger partial charge in [0.15, 0.2) is 5.78 Å². The summed E-state index contributed by atoms with van der Waals surface area (Å²) in [5.74, 6) is 0.993. The van der Waals surface area contributed by atoms with Crippen molar-refractivity contribution in [3.05, 3.63) is 58.6 Å². The number of hydrogen-bond acceptors (Lipinski definition) is 3. The van der Waals surface area contributed by atoms with E-state index >= 15 is 0 Å². The summed E-state index contributed by atoms with van der Waals surface area (Å²) in [5, 5.41) is 0.423. The van der Waals surface area contributed by atoms with Gasteiger partial charge in [-0.2, -0.15) is 0 Å². The largest absolute Gasteiger partial charge is 0.494 e. The van der Waals surface area contributed by atoms with E-state index in [9.17, 15) is 4.79 Å². The van der Waals surface area contributed by atoms with Crippen molar-refractivity contribution in [2.24, 2.45) is 0 Å². The van der Waals surface area contributed by atoms with Crippen LogP contribution in [0.3, 0.4) is 0 Å². The van der Waals surface area contributed by atoms with Crippen LogP contribution >= 0.6 is 11.6 Å². The van der Waals surface area contributed by atoms with E-state index in [0.717, 1.165) is 0 Å². The second kappa shape index (κ2) is 7.14. The van der Waals surface area contributed by atoms with E-state index in [-0.39, 0.29) is 5.78 Å². The van der Waals surface area contributed by atoms with E-state index in [2.05, 4.69) is 0 Å². The van der Waals surface area contributed by atoms with E-state index in [4.69, 9.17) is 21.1 Å². The zero-order valence-electron chi connectivity index (χ0n) is 12.1. The maximum absolute atomic E-state index is 12.7. The van der Waals surface area contributed by atoms with Gasteiger partial charge in [0.1, 0.15) is 11.5 Å². The van der Waals surface area contributed by atoms with Gasteiger partial charge in [-0.05, 0) is 44.2 Å². The predicted octanol–water partition coefficient (Wildman–Crippen LogP) is 4.37. The highest BCUT2D eigenvalue weighted by Crippen LogP contribution is 2.29. The fourth-order valence-corrected chi connectivity index (χ4v) is 2.24. The van der Waals surface area contributed by atoms with Gasteiger partial charge in [0.05, 0.1) is 23.8 Å². The first kappa shape index (κ1) is 15.4. The molecule has 0 bridgehead atoms. The SMILES string of the molecule is CCOc1ccc(OCC)c(C(=O)c2ccccc2Cl)c1. The van der Waals surface area contributed by atoms with Crippen LogP contribution in [0.2, 0.25) is 5.02 Å². The minimum absolute atomic E-state index is 0.175. The second-order valence-electron chi connectivity index (χ2n) is 4.33. The van der Waals surface area contributed by atoms with Crippen LogP contribution in [0.5, 0.6) is 11.5 Å².